The highest BCUT2D eigenvalue weighted by atomic mass is 16.5. The van der Waals surface area contributed by atoms with Crippen molar-refractivity contribution < 1.29 is 14.6 Å². The van der Waals surface area contributed by atoms with Crippen molar-refractivity contribution in [3.8, 4) is 11.5 Å². The maximum Gasteiger partial charge on any atom is 0.166 e. The summed E-state index contributed by atoms with van der Waals surface area (Å²) in [6, 6.07) is 5.38. The average Bonchev–Trinajstić information content (AvgIpc) is 2.36. The number of ether oxygens (including phenoxy) is 2. The topological polar surface area (TPSA) is 64.7 Å². The quantitative estimate of drug-likeness (QED) is 0.860. The number of aliphatic hydroxyl groups is 1. The number of methoxy groups -OCH3 is 2. The zero-order valence-corrected chi connectivity index (χ0v) is 12.4. The summed E-state index contributed by atoms with van der Waals surface area (Å²) in [5.41, 5.74) is 6.78. The first kappa shape index (κ1) is 15.8. The van der Waals surface area contributed by atoms with Crippen LogP contribution in [-0.4, -0.2) is 25.4 Å². The van der Waals surface area contributed by atoms with Crippen molar-refractivity contribution in [2.45, 2.75) is 39.3 Å². The van der Waals surface area contributed by atoms with E-state index in [1.54, 1.807) is 20.3 Å². The zero-order chi connectivity index (χ0) is 14.6. The molecule has 0 aliphatic carbocycles. The van der Waals surface area contributed by atoms with Crippen LogP contribution in [0.4, 0.5) is 0 Å². The molecule has 0 aromatic heterocycles. The molecule has 0 amide bonds. The molecule has 0 bridgehead atoms. The molecule has 0 radical (unpaired) electrons. The summed E-state index contributed by atoms with van der Waals surface area (Å²) >= 11 is 0. The van der Waals surface area contributed by atoms with Crippen LogP contribution in [-0.2, 0) is 0 Å². The maximum atomic E-state index is 10.4. The van der Waals surface area contributed by atoms with Gasteiger partial charge in [0.1, 0.15) is 0 Å². The van der Waals surface area contributed by atoms with Crippen LogP contribution in [0.15, 0.2) is 18.2 Å². The van der Waals surface area contributed by atoms with E-state index in [1.165, 1.54) is 0 Å². The fourth-order valence-corrected chi connectivity index (χ4v) is 1.90. The van der Waals surface area contributed by atoms with Crippen molar-refractivity contribution >= 4 is 0 Å². The number of benzene rings is 1. The molecule has 0 aliphatic rings. The van der Waals surface area contributed by atoms with Gasteiger partial charge in [-0.1, -0.05) is 32.9 Å². The van der Waals surface area contributed by atoms with E-state index >= 15 is 0 Å². The normalized spacial score (nSPS) is 14.9. The van der Waals surface area contributed by atoms with Gasteiger partial charge in [0.25, 0.3) is 0 Å². The van der Waals surface area contributed by atoms with Crippen LogP contribution < -0.4 is 15.2 Å². The van der Waals surface area contributed by atoms with Crippen molar-refractivity contribution in [1.82, 2.24) is 0 Å². The van der Waals surface area contributed by atoms with Crippen molar-refractivity contribution in [1.29, 1.82) is 0 Å². The minimum atomic E-state index is -0.667. The Hall–Kier alpha value is -1.26. The SMILES string of the molecule is COc1cccc([C@H](O)C[C@@H](N)C(C)(C)C)c1OC. The Labute approximate surface area is 115 Å². The fourth-order valence-electron chi connectivity index (χ4n) is 1.90. The number of hydrogen-bond acceptors (Lipinski definition) is 4. The van der Waals surface area contributed by atoms with E-state index in [0.29, 0.717) is 23.5 Å². The summed E-state index contributed by atoms with van der Waals surface area (Å²) in [5, 5.41) is 10.4. The van der Waals surface area contributed by atoms with Gasteiger partial charge in [0.2, 0.25) is 0 Å². The number of para-hydroxylation sites is 1. The molecule has 4 nitrogen and oxygen atoms in total. The third-order valence-corrected chi connectivity index (χ3v) is 3.38. The van der Waals surface area contributed by atoms with Crippen LogP contribution in [0.5, 0.6) is 11.5 Å². The molecule has 0 aliphatic heterocycles. The molecule has 0 heterocycles. The summed E-state index contributed by atoms with van der Waals surface area (Å²) in [7, 11) is 3.15. The fraction of sp³-hybridized carbons (Fsp3) is 0.600. The lowest BCUT2D eigenvalue weighted by Gasteiger charge is -2.29. The molecule has 2 atom stereocenters. The van der Waals surface area contributed by atoms with Gasteiger partial charge in [0.15, 0.2) is 11.5 Å². The molecule has 108 valence electrons. The molecular formula is C15H25NO3. The highest BCUT2D eigenvalue weighted by Gasteiger charge is 2.26. The smallest absolute Gasteiger partial charge is 0.166 e. The average molecular weight is 267 g/mol. The third-order valence-electron chi connectivity index (χ3n) is 3.38. The van der Waals surface area contributed by atoms with E-state index < -0.39 is 6.10 Å². The van der Waals surface area contributed by atoms with Gasteiger partial charge in [0.05, 0.1) is 20.3 Å². The van der Waals surface area contributed by atoms with Crippen molar-refractivity contribution in [2.24, 2.45) is 11.1 Å². The number of rotatable bonds is 5. The maximum absolute atomic E-state index is 10.4. The molecule has 0 saturated heterocycles. The van der Waals surface area contributed by atoms with E-state index in [4.69, 9.17) is 15.2 Å². The number of aliphatic hydroxyl groups excluding tert-OH is 1. The van der Waals surface area contributed by atoms with Crippen LogP contribution in [0.25, 0.3) is 0 Å². The second-order valence-corrected chi connectivity index (χ2v) is 5.81. The van der Waals surface area contributed by atoms with Crippen LogP contribution in [0.1, 0.15) is 38.9 Å². The van der Waals surface area contributed by atoms with E-state index in [-0.39, 0.29) is 11.5 Å². The summed E-state index contributed by atoms with van der Waals surface area (Å²) < 4.78 is 10.6. The van der Waals surface area contributed by atoms with E-state index in [2.05, 4.69) is 20.8 Å². The first-order valence-corrected chi connectivity index (χ1v) is 6.45. The summed E-state index contributed by atoms with van der Waals surface area (Å²) in [6.45, 7) is 6.19. The van der Waals surface area contributed by atoms with E-state index in [0.717, 1.165) is 0 Å². The van der Waals surface area contributed by atoms with Gasteiger partial charge < -0.3 is 20.3 Å². The van der Waals surface area contributed by atoms with Gasteiger partial charge in [-0.15, -0.1) is 0 Å². The lowest BCUT2D eigenvalue weighted by atomic mass is 9.83. The minimum absolute atomic E-state index is 0.0485. The Kier molecular flexibility index (Phi) is 5.20. The molecule has 0 saturated carbocycles. The van der Waals surface area contributed by atoms with Crippen LogP contribution in [0, 0.1) is 5.41 Å². The minimum Gasteiger partial charge on any atom is -0.493 e. The lowest BCUT2D eigenvalue weighted by molar-refractivity contribution is 0.130. The third kappa shape index (κ3) is 3.85. The van der Waals surface area contributed by atoms with Crippen molar-refractivity contribution in [3.05, 3.63) is 23.8 Å². The Morgan fingerprint density at radius 2 is 1.84 bits per heavy atom. The van der Waals surface area contributed by atoms with E-state index in [9.17, 15) is 5.11 Å². The molecule has 0 fully saturated rings. The van der Waals surface area contributed by atoms with Gasteiger partial charge in [-0.25, -0.2) is 0 Å². The van der Waals surface area contributed by atoms with Gasteiger partial charge in [0, 0.05) is 11.6 Å². The van der Waals surface area contributed by atoms with Crippen LogP contribution in [0.2, 0.25) is 0 Å². The lowest BCUT2D eigenvalue weighted by Crippen LogP contribution is -2.36. The number of hydrogen-bond donors (Lipinski definition) is 2. The Balaban J connectivity index is 2.97. The van der Waals surface area contributed by atoms with Gasteiger partial charge in [-0.05, 0) is 17.9 Å². The Morgan fingerprint density at radius 3 is 2.32 bits per heavy atom. The predicted molar refractivity (Wildman–Crippen MR) is 76.6 cm³/mol. The van der Waals surface area contributed by atoms with Gasteiger partial charge >= 0.3 is 0 Å². The van der Waals surface area contributed by atoms with Crippen molar-refractivity contribution in [2.75, 3.05) is 14.2 Å². The molecule has 19 heavy (non-hydrogen) atoms. The molecule has 3 N–H and O–H groups in total. The second-order valence-electron chi connectivity index (χ2n) is 5.81. The van der Waals surface area contributed by atoms with Crippen LogP contribution >= 0.6 is 0 Å². The summed E-state index contributed by atoms with van der Waals surface area (Å²) in [5.74, 6) is 1.18. The predicted octanol–water partition coefficient (Wildman–Crippen LogP) is 2.50. The van der Waals surface area contributed by atoms with Crippen LogP contribution in [0.3, 0.4) is 0 Å². The largest absolute Gasteiger partial charge is 0.493 e. The molecule has 1 aromatic rings. The Bertz CT molecular complexity index is 412. The summed E-state index contributed by atoms with van der Waals surface area (Å²) in [4.78, 5) is 0. The molecule has 4 heteroatoms. The highest BCUT2D eigenvalue weighted by Crippen LogP contribution is 2.37. The van der Waals surface area contributed by atoms with Gasteiger partial charge in [-0.2, -0.15) is 0 Å². The number of nitrogens with two attached hydrogens (primary N) is 1. The van der Waals surface area contributed by atoms with Crippen molar-refractivity contribution in [3.63, 3.8) is 0 Å². The van der Waals surface area contributed by atoms with E-state index in [1.807, 2.05) is 12.1 Å². The zero-order valence-electron chi connectivity index (χ0n) is 12.4. The molecule has 0 unspecified atom stereocenters. The molecular weight excluding hydrogens is 242 g/mol. The second kappa shape index (κ2) is 6.26. The Morgan fingerprint density at radius 1 is 1.21 bits per heavy atom. The molecule has 1 aromatic carbocycles. The molecule has 1 rings (SSSR count). The monoisotopic (exact) mass is 267 g/mol. The molecule has 0 spiro atoms. The first-order valence-electron chi connectivity index (χ1n) is 6.45. The standard InChI is InChI=1S/C15H25NO3/c1-15(2,3)13(16)9-11(17)10-7-6-8-12(18-4)14(10)19-5/h6-8,11,13,17H,9,16H2,1-5H3/t11-,13-/m1/s1. The first-order chi connectivity index (χ1) is 8.81. The highest BCUT2D eigenvalue weighted by molar-refractivity contribution is 5.47. The summed E-state index contributed by atoms with van der Waals surface area (Å²) in [6.07, 6.45) is -0.188. The van der Waals surface area contributed by atoms with Gasteiger partial charge in [-0.3, -0.25) is 0 Å².